The molecule has 178 valence electrons. The monoisotopic (exact) mass is 524 g/mol. The molecule has 2 aromatic carbocycles. The Morgan fingerprint density at radius 1 is 1.15 bits per heavy atom. The van der Waals surface area contributed by atoms with Crippen molar-refractivity contribution in [3.05, 3.63) is 58.6 Å². The van der Waals surface area contributed by atoms with Gasteiger partial charge in [0.25, 0.3) is 0 Å². The number of β-amino-alcohol motifs (C(OH)–C–C–N with tert-alkyl or cyclic N) is 1. The van der Waals surface area contributed by atoms with Crippen molar-refractivity contribution >= 4 is 31.5 Å². The maximum atomic E-state index is 13.1. The van der Waals surface area contributed by atoms with E-state index in [4.69, 9.17) is 16.9 Å². The Morgan fingerprint density at radius 2 is 1.76 bits per heavy atom. The SMILES string of the molecule is N#Cc1ccc(S(=O)(=O)[C@H]2CN(S(=O)(=O)c3ccc(C(F)(F)F)cc3Cl)C[C@@]2(O)CO)cc1. The number of alkyl halides is 3. The lowest BCUT2D eigenvalue weighted by atomic mass is 10.1. The van der Waals surface area contributed by atoms with Crippen LogP contribution in [0.2, 0.25) is 5.02 Å². The summed E-state index contributed by atoms with van der Waals surface area (Å²) < 4.78 is 91.5. The number of aliphatic hydroxyl groups is 2. The van der Waals surface area contributed by atoms with E-state index < -0.39 is 72.1 Å². The van der Waals surface area contributed by atoms with E-state index in [0.29, 0.717) is 22.5 Å². The average molecular weight is 525 g/mol. The zero-order valence-electron chi connectivity index (χ0n) is 16.5. The van der Waals surface area contributed by atoms with E-state index >= 15 is 0 Å². The lowest BCUT2D eigenvalue weighted by Crippen LogP contribution is -2.49. The number of rotatable bonds is 5. The molecule has 0 unspecified atom stereocenters. The number of sulfonamides is 1. The van der Waals surface area contributed by atoms with Gasteiger partial charge in [-0.15, -0.1) is 0 Å². The van der Waals surface area contributed by atoms with Crippen LogP contribution in [0, 0.1) is 11.3 Å². The van der Waals surface area contributed by atoms with E-state index in [1.807, 2.05) is 6.07 Å². The number of benzene rings is 2. The Hall–Kier alpha value is -2.21. The summed E-state index contributed by atoms with van der Waals surface area (Å²) in [7, 11) is -9.05. The Bertz CT molecular complexity index is 1320. The Balaban J connectivity index is 2.01. The highest BCUT2D eigenvalue weighted by Gasteiger charge is 2.55. The smallest absolute Gasteiger partial charge is 0.393 e. The summed E-state index contributed by atoms with van der Waals surface area (Å²) in [6, 6.07) is 8.04. The highest BCUT2D eigenvalue weighted by atomic mass is 35.5. The van der Waals surface area contributed by atoms with Crippen molar-refractivity contribution in [2.75, 3.05) is 19.7 Å². The fourth-order valence-corrected chi connectivity index (χ4v) is 7.53. The van der Waals surface area contributed by atoms with Crippen LogP contribution in [0.25, 0.3) is 0 Å². The van der Waals surface area contributed by atoms with E-state index in [2.05, 4.69) is 0 Å². The molecule has 2 atom stereocenters. The number of halogens is 4. The number of hydrogen-bond donors (Lipinski definition) is 2. The molecule has 1 aliphatic heterocycles. The van der Waals surface area contributed by atoms with Gasteiger partial charge in [0.1, 0.15) is 15.7 Å². The van der Waals surface area contributed by atoms with Crippen molar-refractivity contribution < 1.29 is 40.2 Å². The van der Waals surface area contributed by atoms with Gasteiger partial charge in [-0.05, 0) is 42.5 Å². The third-order valence-electron chi connectivity index (χ3n) is 5.26. The van der Waals surface area contributed by atoms with Crippen LogP contribution < -0.4 is 0 Å². The quantitative estimate of drug-likeness (QED) is 0.608. The molecule has 8 nitrogen and oxygen atoms in total. The first kappa shape index (κ1) is 25.4. The summed E-state index contributed by atoms with van der Waals surface area (Å²) in [6.45, 7) is -2.75. The fourth-order valence-electron chi connectivity index (χ4n) is 3.46. The molecule has 1 saturated heterocycles. The molecule has 2 aromatic rings. The van der Waals surface area contributed by atoms with Gasteiger partial charge in [0, 0.05) is 13.1 Å². The van der Waals surface area contributed by atoms with Crippen LogP contribution in [0.15, 0.2) is 52.3 Å². The Morgan fingerprint density at radius 3 is 2.24 bits per heavy atom. The predicted molar refractivity (Wildman–Crippen MR) is 109 cm³/mol. The Labute approximate surface area is 192 Å². The first-order chi connectivity index (χ1) is 15.2. The predicted octanol–water partition coefficient (Wildman–Crippen LogP) is 1.80. The lowest BCUT2D eigenvalue weighted by molar-refractivity contribution is -0.137. The number of hydrogen-bond acceptors (Lipinski definition) is 7. The summed E-state index contributed by atoms with van der Waals surface area (Å²) in [4.78, 5) is -1.03. The van der Waals surface area contributed by atoms with Crippen LogP contribution in [0.5, 0.6) is 0 Å². The molecule has 0 saturated carbocycles. The summed E-state index contributed by atoms with van der Waals surface area (Å²) in [5.74, 6) is 0. The van der Waals surface area contributed by atoms with Crippen molar-refractivity contribution in [3.63, 3.8) is 0 Å². The largest absolute Gasteiger partial charge is 0.416 e. The van der Waals surface area contributed by atoms with Gasteiger partial charge in [0.15, 0.2) is 9.84 Å². The van der Waals surface area contributed by atoms with Gasteiger partial charge >= 0.3 is 6.18 Å². The van der Waals surface area contributed by atoms with Crippen LogP contribution in [-0.4, -0.2) is 61.9 Å². The molecule has 1 heterocycles. The molecule has 0 spiro atoms. The van der Waals surface area contributed by atoms with E-state index in [9.17, 15) is 40.2 Å². The molecule has 2 N–H and O–H groups in total. The van der Waals surface area contributed by atoms with Gasteiger partial charge in [-0.1, -0.05) is 11.6 Å². The lowest BCUT2D eigenvalue weighted by Gasteiger charge is -2.26. The molecule has 0 aromatic heterocycles. The highest BCUT2D eigenvalue weighted by molar-refractivity contribution is 7.92. The second kappa shape index (κ2) is 8.53. The third kappa shape index (κ3) is 4.59. The first-order valence-electron chi connectivity index (χ1n) is 9.11. The second-order valence-electron chi connectivity index (χ2n) is 7.37. The minimum absolute atomic E-state index is 0.166. The van der Waals surface area contributed by atoms with Crippen LogP contribution in [-0.2, 0) is 26.0 Å². The minimum Gasteiger partial charge on any atom is -0.393 e. The van der Waals surface area contributed by atoms with Gasteiger partial charge in [0.05, 0.1) is 33.7 Å². The van der Waals surface area contributed by atoms with E-state index in [1.165, 1.54) is 12.1 Å². The van der Waals surface area contributed by atoms with Crippen molar-refractivity contribution in [2.45, 2.75) is 26.8 Å². The molecular formula is C19H16ClF3N2O6S2. The standard InChI is InChI=1S/C19H16ClF3N2O6S2/c20-15-7-13(19(21,22)23)3-6-16(15)33(30,31)25-9-17(18(27,10-25)11-26)32(28,29)14-4-1-12(8-24)2-5-14/h1-7,17,26-27H,9-11H2/t17-,18+/m0/s1. The number of nitrogens with zero attached hydrogens (tertiary/aromatic N) is 2. The fraction of sp³-hybridized carbons (Fsp3) is 0.316. The molecule has 0 radical (unpaired) electrons. The molecule has 0 aliphatic carbocycles. The minimum atomic E-state index is -4.77. The Kier molecular flexibility index (Phi) is 6.57. The molecule has 14 heteroatoms. The van der Waals surface area contributed by atoms with E-state index in [1.54, 1.807) is 0 Å². The van der Waals surface area contributed by atoms with Gasteiger partial charge in [-0.2, -0.15) is 22.7 Å². The van der Waals surface area contributed by atoms with Crippen LogP contribution in [0.4, 0.5) is 13.2 Å². The highest BCUT2D eigenvalue weighted by Crippen LogP contribution is 2.38. The number of sulfone groups is 1. The molecule has 1 aliphatic rings. The average Bonchev–Trinajstić information content (AvgIpc) is 3.12. The van der Waals surface area contributed by atoms with Crippen molar-refractivity contribution in [1.29, 1.82) is 5.26 Å². The number of nitriles is 1. The van der Waals surface area contributed by atoms with Crippen LogP contribution >= 0.6 is 11.6 Å². The summed E-state index contributed by atoms with van der Waals surface area (Å²) in [5, 5.41) is 26.8. The van der Waals surface area contributed by atoms with Crippen molar-refractivity contribution in [1.82, 2.24) is 4.31 Å². The molecular weight excluding hydrogens is 509 g/mol. The number of aliphatic hydroxyl groups excluding tert-OH is 1. The summed E-state index contributed by atoms with van der Waals surface area (Å²) >= 11 is 5.79. The molecule has 33 heavy (non-hydrogen) atoms. The van der Waals surface area contributed by atoms with Gasteiger partial charge in [-0.3, -0.25) is 0 Å². The maximum absolute atomic E-state index is 13.1. The zero-order chi connectivity index (χ0) is 24.8. The van der Waals surface area contributed by atoms with Crippen molar-refractivity contribution in [3.8, 4) is 6.07 Å². The maximum Gasteiger partial charge on any atom is 0.416 e. The molecule has 0 bridgehead atoms. The van der Waals surface area contributed by atoms with Gasteiger partial charge in [0.2, 0.25) is 10.0 Å². The second-order valence-corrected chi connectivity index (χ2v) is 11.8. The van der Waals surface area contributed by atoms with Gasteiger partial charge < -0.3 is 10.2 Å². The summed E-state index contributed by atoms with van der Waals surface area (Å²) in [6.07, 6.45) is -4.77. The molecule has 0 amide bonds. The zero-order valence-corrected chi connectivity index (χ0v) is 18.9. The topological polar surface area (TPSA) is 136 Å². The van der Waals surface area contributed by atoms with Crippen LogP contribution in [0.3, 0.4) is 0 Å². The third-order valence-corrected chi connectivity index (χ3v) is 9.82. The normalized spacial score (nSPS) is 22.3. The molecule has 3 rings (SSSR count). The first-order valence-corrected chi connectivity index (χ1v) is 12.5. The van der Waals surface area contributed by atoms with Gasteiger partial charge in [-0.25, -0.2) is 16.8 Å². The van der Waals surface area contributed by atoms with Crippen LogP contribution in [0.1, 0.15) is 11.1 Å². The van der Waals surface area contributed by atoms with E-state index in [0.717, 1.165) is 12.1 Å². The molecule has 1 fully saturated rings. The van der Waals surface area contributed by atoms with E-state index in [-0.39, 0.29) is 10.5 Å². The van der Waals surface area contributed by atoms with Crippen molar-refractivity contribution in [2.24, 2.45) is 0 Å². The summed E-state index contributed by atoms with van der Waals surface area (Å²) in [5.41, 5.74) is -3.42.